The molecule has 0 aliphatic heterocycles. The van der Waals surface area contributed by atoms with Crippen molar-refractivity contribution in [3.63, 3.8) is 0 Å². The largest absolute Gasteiger partial charge is 0.495 e. The summed E-state index contributed by atoms with van der Waals surface area (Å²) in [5.74, 6) is 1.36. The van der Waals surface area contributed by atoms with Crippen molar-refractivity contribution in [3.8, 4) is 5.75 Å². The second-order valence-electron chi connectivity index (χ2n) is 2.48. The molecule has 0 aliphatic rings. The Balaban J connectivity index is 3.21. The Morgan fingerprint density at radius 3 is 2.64 bits per heavy atom. The van der Waals surface area contributed by atoms with Crippen molar-refractivity contribution < 1.29 is 4.74 Å². The minimum atomic E-state index is 0.573. The molecule has 3 heteroatoms. The number of rotatable bonds is 1. The average molecular weight is 152 g/mol. The molecule has 0 saturated carbocycles. The average Bonchev–Trinajstić information content (AvgIpc) is 1.97. The van der Waals surface area contributed by atoms with Gasteiger partial charge in [-0.1, -0.05) is 0 Å². The van der Waals surface area contributed by atoms with Crippen LogP contribution < -0.4 is 10.5 Å². The van der Waals surface area contributed by atoms with E-state index < -0.39 is 0 Å². The van der Waals surface area contributed by atoms with Gasteiger partial charge in [0.05, 0.1) is 12.8 Å². The number of aromatic nitrogens is 1. The molecule has 0 saturated heterocycles. The Labute approximate surface area is 66.2 Å². The minimum Gasteiger partial charge on any atom is -0.495 e. The molecule has 1 aromatic heterocycles. The number of ether oxygens (including phenoxy) is 1. The minimum absolute atomic E-state index is 0.573. The quantitative estimate of drug-likeness (QED) is 0.659. The van der Waals surface area contributed by atoms with Crippen LogP contribution in [-0.4, -0.2) is 12.1 Å². The Hall–Kier alpha value is -1.25. The summed E-state index contributed by atoms with van der Waals surface area (Å²) in [7, 11) is 1.62. The lowest BCUT2D eigenvalue weighted by Crippen LogP contribution is -1.98. The predicted octanol–water partition coefficient (Wildman–Crippen LogP) is 1.29. The topological polar surface area (TPSA) is 48.1 Å². The lowest BCUT2D eigenvalue weighted by atomic mass is 10.2. The number of anilines is 1. The van der Waals surface area contributed by atoms with Gasteiger partial charge in [0, 0.05) is 0 Å². The summed E-state index contributed by atoms with van der Waals surface area (Å²) >= 11 is 0. The highest BCUT2D eigenvalue weighted by Gasteiger charge is 2.02. The highest BCUT2D eigenvalue weighted by Crippen LogP contribution is 2.19. The molecule has 0 aliphatic carbocycles. The molecule has 3 nitrogen and oxygen atoms in total. The molecule has 0 aromatic carbocycles. The van der Waals surface area contributed by atoms with Crippen LogP contribution in [-0.2, 0) is 0 Å². The molecule has 0 fully saturated rings. The lowest BCUT2D eigenvalue weighted by molar-refractivity contribution is 0.409. The zero-order valence-corrected chi connectivity index (χ0v) is 7.01. The summed E-state index contributed by atoms with van der Waals surface area (Å²) in [6.07, 6.45) is 0. The standard InChI is InChI=1S/C8H12N2O/c1-5-4-7(11-3)6(2)10-8(5)9/h4H,1-3H3,(H2,9,10). The number of hydrogen-bond donors (Lipinski definition) is 1. The number of aryl methyl sites for hydroxylation is 2. The van der Waals surface area contributed by atoms with Crippen LogP contribution >= 0.6 is 0 Å². The number of pyridine rings is 1. The van der Waals surface area contributed by atoms with Crippen LogP contribution in [0, 0.1) is 13.8 Å². The molecule has 2 N–H and O–H groups in total. The fourth-order valence-corrected chi connectivity index (χ4v) is 0.906. The number of nitrogens with two attached hydrogens (primary N) is 1. The molecule has 1 rings (SSSR count). The Bertz CT molecular complexity index is 271. The third-order valence-corrected chi connectivity index (χ3v) is 1.62. The van der Waals surface area contributed by atoms with Crippen molar-refractivity contribution in [2.45, 2.75) is 13.8 Å². The molecule has 0 unspecified atom stereocenters. The molecular formula is C8H12N2O. The molecule has 1 aromatic rings. The molecule has 0 atom stereocenters. The number of nitrogen functional groups attached to an aromatic ring is 1. The predicted molar refractivity (Wildman–Crippen MR) is 44.7 cm³/mol. The summed E-state index contributed by atoms with van der Waals surface area (Å²) in [5.41, 5.74) is 7.36. The lowest BCUT2D eigenvalue weighted by Gasteiger charge is -2.06. The zero-order valence-electron chi connectivity index (χ0n) is 7.01. The Kier molecular flexibility index (Phi) is 1.98. The van der Waals surface area contributed by atoms with Crippen LogP contribution in [0.1, 0.15) is 11.3 Å². The number of methoxy groups -OCH3 is 1. The monoisotopic (exact) mass is 152 g/mol. The molecule has 0 spiro atoms. The maximum atomic E-state index is 5.58. The van der Waals surface area contributed by atoms with E-state index in [1.165, 1.54) is 0 Å². The molecule has 0 bridgehead atoms. The van der Waals surface area contributed by atoms with Crippen LogP contribution in [0.15, 0.2) is 6.07 Å². The molecular weight excluding hydrogens is 140 g/mol. The third-order valence-electron chi connectivity index (χ3n) is 1.62. The summed E-state index contributed by atoms with van der Waals surface area (Å²) in [6.45, 7) is 3.78. The molecule has 0 amide bonds. The van der Waals surface area contributed by atoms with E-state index in [9.17, 15) is 0 Å². The van der Waals surface area contributed by atoms with E-state index in [1.807, 2.05) is 19.9 Å². The van der Waals surface area contributed by atoms with Crippen LogP contribution in [0.2, 0.25) is 0 Å². The van der Waals surface area contributed by atoms with Gasteiger partial charge >= 0.3 is 0 Å². The summed E-state index contributed by atoms with van der Waals surface area (Å²) < 4.78 is 5.06. The fourth-order valence-electron chi connectivity index (χ4n) is 0.906. The van der Waals surface area contributed by atoms with Crippen molar-refractivity contribution in [2.75, 3.05) is 12.8 Å². The van der Waals surface area contributed by atoms with Gasteiger partial charge in [0.25, 0.3) is 0 Å². The number of nitrogens with zero attached hydrogens (tertiary/aromatic N) is 1. The molecule has 1 heterocycles. The highest BCUT2D eigenvalue weighted by molar-refractivity contribution is 5.45. The molecule has 60 valence electrons. The van der Waals surface area contributed by atoms with E-state index in [0.29, 0.717) is 5.82 Å². The van der Waals surface area contributed by atoms with Gasteiger partial charge in [-0.25, -0.2) is 4.98 Å². The van der Waals surface area contributed by atoms with Gasteiger partial charge < -0.3 is 10.5 Å². The maximum Gasteiger partial charge on any atom is 0.140 e. The van der Waals surface area contributed by atoms with E-state index in [4.69, 9.17) is 10.5 Å². The van der Waals surface area contributed by atoms with Gasteiger partial charge in [0.1, 0.15) is 11.6 Å². The SMILES string of the molecule is COc1cc(C)c(N)nc1C. The first-order valence-electron chi connectivity index (χ1n) is 3.43. The van der Waals surface area contributed by atoms with Crippen molar-refractivity contribution in [3.05, 3.63) is 17.3 Å². The second kappa shape index (κ2) is 2.78. The summed E-state index contributed by atoms with van der Waals surface area (Å²) in [5, 5.41) is 0. The van der Waals surface area contributed by atoms with E-state index in [-0.39, 0.29) is 0 Å². The first kappa shape index (κ1) is 7.85. The van der Waals surface area contributed by atoms with Crippen molar-refractivity contribution in [1.29, 1.82) is 0 Å². The summed E-state index contributed by atoms with van der Waals surface area (Å²) in [4.78, 5) is 4.10. The van der Waals surface area contributed by atoms with Gasteiger partial charge in [-0.3, -0.25) is 0 Å². The van der Waals surface area contributed by atoms with E-state index in [2.05, 4.69) is 4.98 Å². The Morgan fingerprint density at radius 1 is 1.45 bits per heavy atom. The first-order valence-corrected chi connectivity index (χ1v) is 3.43. The van der Waals surface area contributed by atoms with Crippen LogP contribution in [0.5, 0.6) is 5.75 Å². The highest BCUT2D eigenvalue weighted by atomic mass is 16.5. The van der Waals surface area contributed by atoms with E-state index in [1.54, 1.807) is 7.11 Å². The van der Waals surface area contributed by atoms with Gasteiger partial charge in [0.15, 0.2) is 0 Å². The first-order chi connectivity index (χ1) is 5.15. The second-order valence-corrected chi connectivity index (χ2v) is 2.48. The van der Waals surface area contributed by atoms with Crippen molar-refractivity contribution >= 4 is 5.82 Å². The van der Waals surface area contributed by atoms with Crippen molar-refractivity contribution in [1.82, 2.24) is 4.98 Å². The molecule has 0 radical (unpaired) electrons. The van der Waals surface area contributed by atoms with Gasteiger partial charge in [0.2, 0.25) is 0 Å². The van der Waals surface area contributed by atoms with Gasteiger partial charge in [-0.15, -0.1) is 0 Å². The third kappa shape index (κ3) is 1.42. The van der Waals surface area contributed by atoms with Crippen LogP contribution in [0.3, 0.4) is 0 Å². The normalized spacial score (nSPS) is 9.73. The molecule has 11 heavy (non-hydrogen) atoms. The van der Waals surface area contributed by atoms with Gasteiger partial charge in [-0.05, 0) is 25.5 Å². The van der Waals surface area contributed by atoms with E-state index >= 15 is 0 Å². The Morgan fingerprint density at radius 2 is 2.09 bits per heavy atom. The van der Waals surface area contributed by atoms with Crippen molar-refractivity contribution in [2.24, 2.45) is 0 Å². The zero-order chi connectivity index (χ0) is 8.43. The fraction of sp³-hybridized carbons (Fsp3) is 0.375. The maximum absolute atomic E-state index is 5.58. The van der Waals surface area contributed by atoms with Gasteiger partial charge in [-0.2, -0.15) is 0 Å². The van der Waals surface area contributed by atoms with Crippen LogP contribution in [0.4, 0.5) is 5.82 Å². The smallest absolute Gasteiger partial charge is 0.140 e. The summed E-state index contributed by atoms with van der Waals surface area (Å²) in [6, 6.07) is 1.89. The van der Waals surface area contributed by atoms with Crippen LogP contribution in [0.25, 0.3) is 0 Å². The van der Waals surface area contributed by atoms with E-state index in [0.717, 1.165) is 17.0 Å². The number of hydrogen-bond acceptors (Lipinski definition) is 3.